The topological polar surface area (TPSA) is 76.2 Å². The molecule has 2 aliphatic heterocycles. The van der Waals surface area contributed by atoms with Crippen molar-refractivity contribution in [2.75, 3.05) is 13.1 Å². The fourth-order valence-electron chi connectivity index (χ4n) is 9.89. The highest BCUT2D eigenvalue weighted by Crippen LogP contribution is 2.64. The van der Waals surface area contributed by atoms with Crippen LogP contribution in [0.5, 0.6) is 11.5 Å². The summed E-state index contributed by atoms with van der Waals surface area (Å²) in [4.78, 5) is 43.0. The van der Waals surface area contributed by atoms with Crippen LogP contribution in [0.4, 0.5) is 0 Å². The first-order valence-electron chi connectivity index (χ1n) is 18.8. The number of carbonyl (C=O) groups is 3. The second-order valence-electron chi connectivity index (χ2n) is 15.3. The van der Waals surface area contributed by atoms with E-state index in [1.165, 1.54) is 68.6 Å². The number of amides is 1. The minimum Gasteiger partial charge on any atom is -0.483 e. The van der Waals surface area contributed by atoms with Crippen molar-refractivity contribution in [1.29, 1.82) is 0 Å². The zero-order valence-corrected chi connectivity index (χ0v) is 29.7. The molecule has 4 aliphatic rings. The Balaban J connectivity index is 1.09. The number of hydrogen-bond acceptors (Lipinski definition) is 6. The second kappa shape index (κ2) is 15.1. The molecule has 2 aromatic carbocycles. The average molecular weight is 657 g/mol. The molecule has 2 heterocycles. The lowest BCUT2D eigenvalue weighted by atomic mass is 9.51. The molecule has 7 heteroatoms. The molecule has 1 saturated carbocycles. The molecule has 1 spiro atoms. The van der Waals surface area contributed by atoms with Crippen molar-refractivity contribution in [3.8, 4) is 11.5 Å². The fourth-order valence-corrected chi connectivity index (χ4v) is 9.89. The number of ketones is 1. The van der Waals surface area contributed by atoms with Crippen LogP contribution >= 0.6 is 0 Å². The fraction of sp³-hybridized carbons (Fsp3) is 0.634. The van der Waals surface area contributed by atoms with Crippen LogP contribution in [0.2, 0.25) is 0 Å². The number of hydrogen-bond donors (Lipinski definition) is 0. The zero-order valence-electron chi connectivity index (χ0n) is 29.7. The first-order chi connectivity index (χ1) is 23.2. The summed E-state index contributed by atoms with van der Waals surface area (Å²) < 4.78 is 12.7. The van der Waals surface area contributed by atoms with Crippen molar-refractivity contribution in [3.63, 3.8) is 0 Å². The molecule has 0 aromatic heterocycles. The first-order valence-corrected chi connectivity index (χ1v) is 18.8. The van der Waals surface area contributed by atoms with E-state index >= 15 is 0 Å². The summed E-state index contributed by atoms with van der Waals surface area (Å²) in [6.07, 6.45) is 14.7. The summed E-state index contributed by atoms with van der Waals surface area (Å²) in [6.45, 7) is 8.69. The third-order valence-corrected chi connectivity index (χ3v) is 11.7. The smallest absolute Gasteiger partial charge is 0.308 e. The normalized spacial score (nSPS) is 25.4. The van der Waals surface area contributed by atoms with Crippen LogP contribution in [-0.2, 0) is 32.6 Å². The summed E-state index contributed by atoms with van der Waals surface area (Å²) in [5, 5.41) is 0. The molecule has 1 saturated heterocycles. The highest BCUT2D eigenvalue weighted by molar-refractivity contribution is 5.78. The Morgan fingerprint density at radius 2 is 1.65 bits per heavy atom. The predicted octanol–water partition coefficient (Wildman–Crippen LogP) is 7.60. The van der Waals surface area contributed by atoms with E-state index < -0.39 is 0 Å². The maximum absolute atomic E-state index is 14.0. The quantitative estimate of drug-likeness (QED) is 0.105. The van der Waals surface area contributed by atoms with Crippen LogP contribution in [0, 0.1) is 5.92 Å². The minimum absolute atomic E-state index is 0.0480. The molecule has 48 heavy (non-hydrogen) atoms. The lowest BCUT2D eigenvalue weighted by Gasteiger charge is -2.60. The molecular weight excluding hydrogens is 600 g/mol. The van der Waals surface area contributed by atoms with Crippen LogP contribution < -0.4 is 9.47 Å². The first kappa shape index (κ1) is 34.7. The number of aryl methyl sites for hydroxylation is 1. The Morgan fingerprint density at radius 3 is 2.33 bits per heavy atom. The summed E-state index contributed by atoms with van der Waals surface area (Å²) in [7, 11) is 0. The van der Waals surface area contributed by atoms with E-state index in [-0.39, 0.29) is 47.3 Å². The van der Waals surface area contributed by atoms with Gasteiger partial charge in [-0.15, -0.1) is 0 Å². The molecule has 0 radical (unpaired) electrons. The van der Waals surface area contributed by atoms with Gasteiger partial charge in [0.1, 0.15) is 11.9 Å². The highest BCUT2D eigenvalue weighted by atomic mass is 16.6. The van der Waals surface area contributed by atoms with E-state index in [1.54, 1.807) is 6.92 Å². The van der Waals surface area contributed by atoms with Gasteiger partial charge >= 0.3 is 5.97 Å². The maximum Gasteiger partial charge on any atom is 0.308 e. The van der Waals surface area contributed by atoms with Crippen LogP contribution in [-0.4, -0.2) is 64.8 Å². The Labute approximate surface area is 287 Å². The molecule has 7 nitrogen and oxygen atoms in total. The minimum atomic E-state index is -0.359. The standard InChI is InChI=1S/C41H56N2O5/c1-28(2)43(37(46)19-15-10-8-6-5-7-9-12-16-31-17-13-11-14-18-31)34-22-21-33-35-26-32-20-23-36(47-30(4)45)39-38(32)41(33,40(34)48-39)24-25-42(35)27-29(3)44/h11,13-14,17-18,20,23,28,33-35,40H,5-10,12,15-16,19,21-22,24-27H2,1-4H3/t33-,34-,35+,40-,41-/m0/s1. The predicted molar refractivity (Wildman–Crippen MR) is 188 cm³/mol. The Bertz CT molecular complexity index is 1460. The van der Waals surface area contributed by atoms with Gasteiger partial charge in [-0.25, -0.2) is 0 Å². The molecule has 5 atom stereocenters. The van der Waals surface area contributed by atoms with Gasteiger partial charge in [0, 0.05) is 36.4 Å². The summed E-state index contributed by atoms with van der Waals surface area (Å²) in [5.74, 6) is 1.60. The number of unbranched alkanes of at least 4 members (excludes halogenated alkanes) is 7. The van der Waals surface area contributed by atoms with Gasteiger partial charge in [-0.2, -0.15) is 0 Å². The molecule has 260 valence electrons. The van der Waals surface area contributed by atoms with Gasteiger partial charge in [-0.05, 0) is 95.4 Å². The Kier molecular flexibility index (Phi) is 10.9. The maximum atomic E-state index is 14.0. The lowest BCUT2D eigenvalue weighted by Crippen LogP contribution is -2.70. The number of rotatable bonds is 16. The van der Waals surface area contributed by atoms with Crippen LogP contribution in [0.25, 0.3) is 0 Å². The molecule has 2 aromatic rings. The van der Waals surface area contributed by atoms with Gasteiger partial charge in [-0.3, -0.25) is 19.3 Å². The third-order valence-electron chi connectivity index (χ3n) is 11.7. The van der Waals surface area contributed by atoms with E-state index in [0.717, 1.165) is 45.1 Å². The number of nitrogens with zero attached hydrogens (tertiary/aromatic N) is 2. The van der Waals surface area contributed by atoms with E-state index in [1.807, 2.05) is 6.07 Å². The highest BCUT2D eigenvalue weighted by Gasteiger charge is 2.66. The second-order valence-corrected chi connectivity index (χ2v) is 15.3. The van der Waals surface area contributed by atoms with Crippen LogP contribution in [0.1, 0.15) is 121 Å². The van der Waals surface area contributed by atoms with Crippen LogP contribution in [0.3, 0.4) is 0 Å². The van der Waals surface area contributed by atoms with Crippen molar-refractivity contribution in [3.05, 3.63) is 59.2 Å². The number of benzene rings is 2. The van der Waals surface area contributed by atoms with E-state index in [4.69, 9.17) is 9.47 Å². The van der Waals surface area contributed by atoms with Gasteiger partial charge in [0.2, 0.25) is 5.91 Å². The van der Waals surface area contributed by atoms with E-state index in [9.17, 15) is 14.4 Å². The SMILES string of the molecule is CC(=O)CN1CC[C@]23c4c5ccc(OC(C)=O)c4O[C@H]2[C@@H](N(C(=O)CCCCCCCCCCc2ccccc2)C(C)C)CC[C@H]3[C@H]1C5. The number of likely N-dealkylation sites (tertiary alicyclic amines) is 1. The van der Waals surface area contributed by atoms with Crippen LogP contribution in [0.15, 0.2) is 42.5 Å². The van der Waals surface area contributed by atoms with Crippen molar-refractivity contribution in [2.24, 2.45) is 5.92 Å². The number of Topliss-reactive ketones (excluding diaryl/α,β-unsaturated/α-hetero) is 1. The third kappa shape index (κ3) is 6.94. The molecule has 1 amide bonds. The molecule has 2 fully saturated rings. The molecule has 0 unspecified atom stereocenters. The molecular formula is C41H56N2O5. The number of esters is 1. The van der Waals surface area contributed by atoms with Crippen molar-refractivity contribution < 1.29 is 23.9 Å². The molecule has 2 aliphatic carbocycles. The zero-order chi connectivity index (χ0) is 33.8. The number of carbonyl (C=O) groups excluding carboxylic acids is 3. The summed E-state index contributed by atoms with van der Waals surface area (Å²) in [5.41, 5.74) is 3.62. The van der Waals surface area contributed by atoms with E-state index in [0.29, 0.717) is 30.4 Å². The molecule has 0 N–H and O–H groups in total. The summed E-state index contributed by atoms with van der Waals surface area (Å²) in [6, 6.07) is 15.0. The van der Waals surface area contributed by atoms with Crippen molar-refractivity contribution in [2.45, 2.75) is 147 Å². The van der Waals surface area contributed by atoms with Gasteiger partial charge in [0.15, 0.2) is 11.5 Å². The number of ether oxygens (including phenoxy) is 2. The van der Waals surface area contributed by atoms with Crippen molar-refractivity contribution in [1.82, 2.24) is 9.80 Å². The lowest BCUT2D eigenvalue weighted by molar-refractivity contribution is -0.146. The number of piperidine rings is 1. The summed E-state index contributed by atoms with van der Waals surface area (Å²) >= 11 is 0. The molecule has 6 rings (SSSR count). The monoisotopic (exact) mass is 656 g/mol. The average Bonchev–Trinajstić information content (AvgIpc) is 3.40. The van der Waals surface area contributed by atoms with Gasteiger partial charge in [-0.1, -0.05) is 74.9 Å². The van der Waals surface area contributed by atoms with Gasteiger partial charge in [0.25, 0.3) is 0 Å². The molecule has 2 bridgehead atoms. The van der Waals surface area contributed by atoms with Crippen molar-refractivity contribution >= 4 is 17.7 Å². The van der Waals surface area contributed by atoms with E-state index in [2.05, 4.69) is 60.0 Å². The van der Waals surface area contributed by atoms with Gasteiger partial charge < -0.3 is 14.4 Å². The largest absolute Gasteiger partial charge is 0.483 e. The van der Waals surface area contributed by atoms with Gasteiger partial charge in [0.05, 0.1) is 12.6 Å². The Hall–Kier alpha value is -3.19. The Morgan fingerprint density at radius 1 is 0.938 bits per heavy atom.